The van der Waals surface area contributed by atoms with Gasteiger partial charge in [-0.15, -0.1) is 0 Å². The Morgan fingerprint density at radius 3 is 2.61 bits per heavy atom. The molecule has 3 aromatic rings. The first kappa shape index (κ1) is 21.9. The van der Waals surface area contributed by atoms with Gasteiger partial charge in [-0.25, -0.2) is 14.4 Å². The summed E-state index contributed by atoms with van der Waals surface area (Å²) in [4.78, 5) is 25.6. The third-order valence-electron chi connectivity index (χ3n) is 6.78. The lowest BCUT2D eigenvalue weighted by atomic mass is 9.85. The van der Waals surface area contributed by atoms with Crippen molar-refractivity contribution in [1.82, 2.24) is 19.5 Å². The van der Waals surface area contributed by atoms with Gasteiger partial charge in [-0.3, -0.25) is 9.36 Å². The second kappa shape index (κ2) is 9.13. The van der Waals surface area contributed by atoms with Crippen molar-refractivity contribution in [2.45, 2.75) is 63.5 Å². The molecule has 0 aliphatic heterocycles. The molecular weight excluding hydrogens is 445 g/mol. The van der Waals surface area contributed by atoms with Crippen molar-refractivity contribution in [3.8, 4) is 0 Å². The van der Waals surface area contributed by atoms with Crippen molar-refractivity contribution in [2.24, 2.45) is 11.7 Å². The fraction of sp³-hybridized carbons (Fsp3) is 0.478. The molecule has 5 rings (SSSR count). The first-order chi connectivity index (χ1) is 16.0. The van der Waals surface area contributed by atoms with Crippen LogP contribution in [0.2, 0.25) is 5.02 Å². The molecule has 2 heterocycles. The van der Waals surface area contributed by atoms with Crippen LogP contribution in [-0.2, 0) is 4.79 Å². The van der Waals surface area contributed by atoms with Crippen LogP contribution >= 0.6 is 11.6 Å². The molecule has 0 unspecified atom stereocenters. The lowest BCUT2D eigenvalue weighted by molar-refractivity contribution is -0.122. The Morgan fingerprint density at radius 2 is 1.88 bits per heavy atom. The number of fused-ring (bicyclic) bond motifs is 1. The summed E-state index contributed by atoms with van der Waals surface area (Å²) in [7, 11) is 0. The van der Waals surface area contributed by atoms with Gasteiger partial charge in [0.2, 0.25) is 17.8 Å². The number of halogens is 2. The van der Waals surface area contributed by atoms with E-state index in [9.17, 15) is 9.18 Å². The van der Waals surface area contributed by atoms with Gasteiger partial charge < -0.3 is 16.4 Å². The largest absolute Gasteiger partial charge is 0.369 e. The molecule has 2 aliphatic carbocycles. The average Bonchev–Trinajstić information content (AvgIpc) is 3.44. The highest BCUT2D eigenvalue weighted by molar-refractivity contribution is 6.31. The lowest BCUT2D eigenvalue weighted by Gasteiger charge is -2.29. The first-order valence-electron chi connectivity index (χ1n) is 11.5. The molecule has 4 N–H and O–H groups in total. The van der Waals surface area contributed by atoms with Crippen molar-refractivity contribution in [1.29, 1.82) is 0 Å². The van der Waals surface area contributed by atoms with Crippen molar-refractivity contribution in [3.05, 3.63) is 35.2 Å². The van der Waals surface area contributed by atoms with E-state index in [4.69, 9.17) is 22.3 Å². The number of aromatic nitrogens is 4. The summed E-state index contributed by atoms with van der Waals surface area (Å²) in [5, 5.41) is 6.58. The molecule has 1 amide bonds. The van der Waals surface area contributed by atoms with E-state index in [-0.39, 0.29) is 28.6 Å². The number of nitrogens with one attached hydrogen (secondary N) is 2. The number of imidazole rings is 1. The van der Waals surface area contributed by atoms with Crippen LogP contribution in [0.15, 0.2) is 24.4 Å². The molecule has 2 saturated carbocycles. The molecular formula is C23H27ClFN7O. The van der Waals surface area contributed by atoms with Gasteiger partial charge in [-0.05, 0) is 50.7 Å². The molecule has 2 aromatic heterocycles. The molecule has 1 aromatic carbocycles. The maximum absolute atomic E-state index is 14.6. The molecule has 0 spiro atoms. The van der Waals surface area contributed by atoms with Gasteiger partial charge in [0, 0.05) is 18.0 Å². The molecule has 2 aliphatic rings. The number of carbonyl (C=O) groups is 1. The second-order valence-corrected chi connectivity index (χ2v) is 9.37. The Bertz CT molecular complexity index is 1170. The summed E-state index contributed by atoms with van der Waals surface area (Å²) in [5.41, 5.74) is 7.07. The topological polar surface area (TPSA) is 111 Å². The van der Waals surface area contributed by atoms with E-state index in [0.717, 1.165) is 25.7 Å². The maximum atomic E-state index is 14.6. The highest BCUT2D eigenvalue weighted by Gasteiger charge is 2.29. The lowest BCUT2D eigenvalue weighted by Crippen LogP contribution is -2.28. The normalized spacial score (nSPS) is 21.4. The summed E-state index contributed by atoms with van der Waals surface area (Å²) in [6.45, 7) is 0. The highest BCUT2D eigenvalue weighted by atomic mass is 35.5. The van der Waals surface area contributed by atoms with E-state index in [1.165, 1.54) is 18.9 Å². The summed E-state index contributed by atoms with van der Waals surface area (Å²) >= 11 is 5.98. The van der Waals surface area contributed by atoms with Crippen LogP contribution in [0, 0.1) is 11.7 Å². The second-order valence-electron chi connectivity index (χ2n) is 8.97. The Morgan fingerprint density at radius 1 is 1.12 bits per heavy atom. The fourth-order valence-corrected chi connectivity index (χ4v) is 5.16. The first-order valence-corrected chi connectivity index (χ1v) is 11.9. The van der Waals surface area contributed by atoms with Crippen LogP contribution in [0.25, 0.3) is 11.2 Å². The molecule has 2 fully saturated rings. The standard InChI is InChI=1S/C23H27ClFN7O/c24-16-6-3-7-17(19(16)25)29-23-30-18-12-27-22(28-14-4-1-2-5-14)31-21(18)32(23)15-10-8-13(9-11-15)20(26)33/h3,6-7,12-15H,1-2,4-5,8-11H2,(H2,26,33)(H,29,30)(H,27,28,31). The number of rotatable bonds is 6. The molecule has 0 radical (unpaired) electrons. The molecule has 174 valence electrons. The van der Waals surface area contributed by atoms with Gasteiger partial charge in [0.15, 0.2) is 11.5 Å². The van der Waals surface area contributed by atoms with Crippen LogP contribution in [0.3, 0.4) is 0 Å². The third-order valence-corrected chi connectivity index (χ3v) is 7.08. The van der Waals surface area contributed by atoms with Gasteiger partial charge in [-0.1, -0.05) is 30.5 Å². The van der Waals surface area contributed by atoms with Gasteiger partial charge in [0.25, 0.3) is 0 Å². The maximum Gasteiger partial charge on any atom is 0.224 e. The molecule has 33 heavy (non-hydrogen) atoms. The van der Waals surface area contributed by atoms with E-state index in [1.54, 1.807) is 18.3 Å². The SMILES string of the molecule is NC(=O)C1CCC(n2c(Nc3cccc(Cl)c3F)nc3cnc(NC4CCCC4)nc32)CC1. The molecule has 0 atom stereocenters. The summed E-state index contributed by atoms with van der Waals surface area (Å²) in [6.07, 6.45) is 9.23. The number of nitrogens with two attached hydrogens (primary N) is 1. The average molecular weight is 472 g/mol. The van der Waals surface area contributed by atoms with Crippen LogP contribution < -0.4 is 16.4 Å². The Hall–Kier alpha value is -2.94. The molecule has 0 bridgehead atoms. The zero-order valence-corrected chi connectivity index (χ0v) is 19.0. The van der Waals surface area contributed by atoms with E-state index >= 15 is 0 Å². The minimum Gasteiger partial charge on any atom is -0.369 e. The van der Waals surface area contributed by atoms with Crippen molar-refractivity contribution < 1.29 is 9.18 Å². The van der Waals surface area contributed by atoms with E-state index in [2.05, 4.69) is 20.6 Å². The number of primary amides is 1. The zero-order chi connectivity index (χ0) is 22.9. The quantitative estimate of drug-likeness (QED) is 0.470. The highest BCUT2D eigenvalue weighted by Crippen LogP contribution is 2.37. The minimum absolute atomic E-state index is 0.0347. The number of nitrogens with zero attached hydrogens (tertiary/aromatic N) is 4. The van der Waals surface area contributed by atoms with E-state index in [0.29, 0.717) is 41.9 Å². The number of anilines is 3. The number of amides is 1. The zero-order valence-electron chi connectivity index (χ0n) is 18.2. The van der Waals surface area contributed by atoms with E-state index in [1.807, 2.05) is 4.57 Å². The summed E-state index contributed by atoms with van der Waals surface area (Å²) in [6, 6.07) is 5.23. The number of benzene rings is 1. The Kier molecular flexibility index (Phi) is 6.05. The van der Waals surface area contributed by atoms with E-state index < -0.39 is 5.82 Å². The minimum atomic E-state index is -0.537. The molecule has 0 saturated heterocycles. The van der Waals surface area contributed by atoms with Crippen LogP contribution in [0.5, 0.6) is 0 Å². The molecule has 10 heteroatoms. The van der Waals surface area contributed by atoms with Gasteiger partial charge in [0.05, 0.1) is 16.9 Å². The smallest absolute Gasteiger partial charge is 0.224 e. The molecule has 8 nitrogen and oxygen atoms in total. The number of hydrogen-bond donors (Lipinski definition) is 3. The van der Waals surface area contributed by atoms with Gasteiger partial charge in [0.1, 0.15) is 5.52 Å². The van der Waals surface area contributed by atoms with Gasteiger partial charge >= 0.3 is 0 Å². The van der Waals surface area contributed by atoms with Gasteiger partial charge in [-0.2, -0.15) is 4.98 Å². The summed E-state index contributed by atoms with van der Waals surface area (Å²) in [5.74, 6) is 0.133. The van der Waals surface area contributed by atoms with Crippen molar-refractivity contribution in [2.75, 3.05) is 10.6 Å². The third kappa shape index (κ3) is 4.46. The predicted molar refractivity (Wildman–Crippen MR) is 126 cm³/mol. The van der Waals surface area contributed by atoms with Crippen molar-refractivity contribution in [3.63, 3.8) is 0 Å². The monoisotopic (exact) mass is 471 g/mol. The number of carbonyl (C=O) groups excluding carboxylic acids is 1. The van der Waals surface area contributed by atoms with Crippen LogP contribution in [-0.4, -0.2) is 31.5 Å². The van der Waals surface area contributed by atoms with Crippen LogP contribution in [0.1, 0.15) is 57.4 Å². The Labute approximate surface area is 196 Å². The predicted octanol–water partition coefficient (Wildman–Crippen LogP) is 4.93. The van der Waals surface area contributed by atoms with Crippen LogP contribution in [0.4, 0.5) is 22.0 Å². The fourth-order valence-electron chi connectivity index (χ4n) is 4.99. The number of hydrogen-bond acceptors (Lipinski definition) is 6. The van der Waals surface area contributed by atoms with Crippen molar-refractivity contribution >= 4 is 46.3 Å². The summed E-state index contributed by atoms with van der Waals surface area (Å²) < 4.78 is 16.6. The Balaban J connectivity index is 1.52.